The van der Waals surface area contributed by atoms with Gasteiger partial charge in [-0.3, -0.25) is 4.79 Å². The highest BCUT2D eigenvalue weighted by Crippen LogP contribution is 2.32. The summed E-state index contributed by atoms with van der Waals surface area (Å²) in [6.07, 6.45) is -3.39. The van der Waals surface area contributed by atoms with Crippen molar-refractivity contribution >= 4 is 30.9 Å². The normalized spacial score (nSPS) is 30.3. The molecule has 0 aromatic heterocycles. The number of hydrogen-bond acceptors (Lipinski definition) is 7. The topological polar surface area (TPSA) is 83.5 Å². The van der Waals surface area contributed by atoms with Gasteiger partial charge in [0.15, 0.2) is 31.2 Å². The number of aliphatic hydroxyl groups excluding tert-OH is 1. The lowest BCUT2D eigenvalue weighted by atomic mass is 9.99. The monoisotopic (exact) mass is 438 g/mol. The van der Waals surface area contributed by atoms with Gasteiger partial charge >= 0.3 is 5.97 Å². The summed E-state index contributed by atoms with van der Waals surface area (Å²) in [6, 6.07) is 0. The Morgan fingerprint density at radius 1 is 0.815 bits per heavy atom. The van der Waals surface area contributed by atoms with Gasteiger partial charge in [0, 0.05) is 6.92 Å². The fraction of sp³-hybridized carbons (Fsp3) is 0.941. The Labute approximate surface area is 167 Å². The first kappa shape index (κ1) is 25.0. The largest absolute Gasteiger partial charge is 0.463 e. The van der Waals surface area contributed by atoms with Crippen molar-refractivity contribution in [3.05, 3.63) is 0 Å². The van der Waals surface area contributed by atoms with Crippen molar-refractivity contribution in [3.8, 4) is 0 Å². The zero-order chi connectivity index (χ0) is 21.2. The maximum absolute atomic E-state index is 11.3. The smallest absolute Gasteiger partial charge is 0.302 e. The third-order valence-electron chi connectivity index (χ3n) is 3.53. The molecule has 5 atom stereocenters. The number of carbonyl (C=O) groups is 1. The average Bonchev–Trinajstić information content (AvgIpc) is 2.40. The lowest BCUT2D eigenvalue weighted by Crippen LogP contribution is -2.65. The highest BCUT2D eigenvalue weighted by Gasteiger charge is 2.51. The average molecular weight is 439 g/mol. The van der Waals surface area contributed by atoms with Crippen LogP contribution in [0.1, 0.15) is 6.92 Å². The fourth-order valence-electron chi connectivity index (χ4n) is 2.86. The van der Waals surface area contributed by atoms with Gasteiger partial charge in [0.2, 0.25) is 0 Å². The van der Waals surface area contributed by atoms with Gasteiger partial charge < -0.3 is 27.9 Å². The number of aliphatic hydroxyl groups is 1. The Hall–Kier alpha value is -0.0794. The molecule has 1 saturated heterocycles. The molecule has 0 aromatic rings. The number of carbonyl (C=O) groups excluding carboxylic acids is 1. The molecule has 0 amide bonds. The summed E-state index contributed by atoms with van der Waals surface area (Å²) in [6.45, 7) is 20.1. The van der Waals surface area contributed by atoms with Gasteiger partial charge in [-0.05, 0) is 58.9 Å². The lowest BCUT2D eigenvalue weighted by Gasteiger charge is -2.49. The molecule has 1 rings (SSSR count). The Morgan fingerprint density at radius 2 is 1.22 bits per heavy atom. The van der Waals surface area contributed by atoms with Gasteiger partial charge in [-0.1, -0.05) is 0 Å². The standard InChI is InChI=1S/C17H38O7Si3/c1-12(18)20-11-13-14(22-25(2,3)4)15(23-26(5,6)7)16(17(19)21-13)24-27(8,9)10/h13-17,19H,11H2,1-10H3/t13-,14-,15+,16+,17+/m1/s1. The van der Waals surface area contributed by atoms with E-state index in [9.17, 15) is 9.90 Å². The Balaban J connectivity index is 3.25. The van der Waals surface area contributed by atoms with E-state index in [-0.39, 0.29) is 6.61 Å². The summed E-state index contributed by atoms with van der Waals surface area (Å²) < 4.78 is 30.1. The number of ether oxygens (including phenoxy) is 2. The van der Waals surface area contributed by atoms with Crippen molar-refractivity contribution in [2.75, 3.05) is 6.61 Å². The van der Waals surface area contributed by atoms with E-state index in [0.717, 1.165) is 0 Å². The molecular formula is C17H38O7Si3. The van der Waals surface area contributed by atoms with E-state index >= 15 is 0 Å². The van der Waals surface area contributed by atoms with Crippen molar-refractivity contribution in [2.45, 2.75) is 96.6 Å². The molecule has 0 saturated carbocycles. The summed E-state index contributed by atoms with van der Waals surface area (Å²) in [5.41, 5.74) is 0. The molecule has 1 aliphatic rings. The quantitative estimate of drug-likeness (QED) is 0.461. The molecule has 0 aliphatic carbocycles. The number of esters is 1. The van der Waals surface area contributed by atoms with Crippen molar-refractivity contribution in [1.82, 2.24) is 0 Å². The van der Waals surface area contributed by atoms with E-state index < -0.39 is 61.6 Å². The molecule has 0 unspecified atom stereocenters. The van der Waals surface area contributed by atoms with Gasteiger partial charge in [-0.2, -0.15) is 0 Å². The highest BCUT2D eigenvalue weighted by atomic mass is 28.4. The molecule has 1 fully saturated rings. The second-order valence-electron chi connectivity index (χ2n) is 9.95. The lowest BCUT2D eigenvalue weighted by molar-refractivity contribution is -0.276. The zero-order valence-electron chi connectivity index (χ0n) is 18.5. The predicted molar refractivity (Wildman–Crippen MR) is 112 cm³/mol. The molecule has 1 N–H and O–H groups in total. The van der Waals surface area contributed by atoms with Crippen LogP contribution in [0.15, 0.2) is 0 Å². The van der Waals surface area contributed by atoms with Crippen LogP contribution in [0.3, 0.4) is 0 Å². The van der Waals surface area contributed by atoms with Crippen LogP contribution < -0.4 is 0 Å². The van der Waals surface area contributed by atoms with Gasteiger partial charge in [-0.25, -0.2) is 0 Å². The first-order chi connectivity index (χ1) is 12.0. The van der Waals surface area contributed by atoms with Gasteiger partial charge in [0.1, 0.15) is 31.0 Å². The van der Waals surface area contributed by atoms with E-state index in [1.165, 1.54) is 6.92 Å². The Kier molecular flexibility index (Phi) is 8.47. The zero-order valence-corrected chi connectivity index (χ0v) is 21.5. The Bertz CT molecular complexity index is 496. The molecule has 160 valence electrons. The molecule has 1 aliphatic heterocycles. The predicted octanol–water partition coefficient (Wildman–Crippen LogP) is 2.93. The molecular weight excluding hydrogens is 400 g/mol. The minimum absolute atomic E-state index is 0.00671. The molecule has 27 heavy (non-hydrogen) atoms. The van der Waals surface area contributed by atoms with Crippen molar-refractivity contribution < 1.29 is 32.7 Å². The number of hydrogen-bond donors (Lipinski definition) is 1. The first-order valence-corrected chi connectivity index (χ1v) is 19.7. The molecule has 0 spiro atoms. The molecule has 1 heterocycles. The van der Waals surface area contributed by atoms with Crippen LogP contribution in [0, 0.1) is 0 Å². The van der Waals surface area contributed by atoms with Crippen molar-refractivity contribution in [3.63, 3.8) is 0 Å². The number of rotatable bonds is 8. The Morgan fingerprint density at radius 3 is 1.63 bits per heavy atom. The van der Waals surface area contributed by atoms with Crippen LogP contribution in [-0.2, 0) is 27.5 Å². The summed E-state index contributed by atoms with van der Waals surface area (Å²) >= 11 is 0. The van der Waals surface area contributed by atoms with Crippen LogP contribution in [0.25, 0.3) is 0 Å². The minimum atomic E-state index is -1.99. The maximum atomic E-state index is 11.3. The van der Waals surface area contributed by atoms with E-state index in [2.05, 4.69) is 58.9 Å². The van der Waals surface area contributed by atoms with Crippen LogP contribution in [0.5, 0.6) is 0 Å². The summed E-state index contributed by atoms with van der Waals surface area (Å²) in [5, 5.41) is 10.7. The summed E-state index contributed by atoms with van der Waals surface area (Å²) in [4.78, 5) is 11.3. The molecule has 10 heteroatoms. The molecule has 0 bridgehead atoms. The van der Waals surface area contributed by atoms with E-state index in [1.54, 1.807) is 0 Å². The summed E-state index contributed by atoms with van der Waals surface area (Å²) in [5.74, 6) is -0.400. The molecule has 0 aromatic carbocycles. The van der Waals surface area contributed by atoms with Crippen LogP contribution in [-0.4, -0.2) is 73.3 Å². The van der Waals surface area contributed by atoms with Gasteiger partial charge in [0.05, 0.1) is 0 Å². The van der Waals surface area contributed by atoms with Crippen molar-refractivity contribution in [1.29, 1.82) is 0 Å². The maximum Gasteiger partial charge on any atom is 0.302 e. The van der Waals surface area contributed by atoms with Crippen LogP contribution in [0.4, 0.5) is 0 Å². The second-order valence-corrected chi connectivity index (χ2v) is 23.3. The SMILES string of the molecule is CC(=O)OC[C@H]1O[C@H](O)[C@@H](O[Si](C)(C)C)[C@@H](O[Si](C)(C)C)[C@@H]1O[Si](C)(C)C. The second kappa shape index (κ2) is 9.16. The van der Waals surface area contributed by atoms with Gasteiger partial charge in [-0.15, -0.1) is 0 Å². The van der Waals surface area contributed by atoms with Crippen LogP contribution in [0.2, 0.25) is 58.9 Å². The van der Waals surface area contributed by atoms with Crippen LogP contribution >= 0.6 is 0 Å². The van der Waals surface area contributed by atoms with E-state index in [0.29, 0.717) is 0 Å². The third kappa shape index (κ3) is 9.31. The van der Waals surface area contributed by atoms with Gasteiger partial charge in [0.25, 0.3) is 0 Å². The fourth-order valence-corrected chi connectivity index (χ4v) is 6.11. The minimum Gasteiger partial charge on any atom is -0.463 e. The first-order valence-electron chi connectivity index (χ1n) is 9.49. The van der Waals surface area contributed by atoms with Crippen molar-refractivity contribution in [2.24, 2.45) is 0 Å². The summed E-state index contributed by atoms with van der Waals surface area (Å²) in [7, 11) is -5.95. The van der Waals surface area contributed by atoms with E-state index in [1.807, 2.05) is 0 Å². The van der Waals surface area contributed by atoms with E-state index in [4.69, 9.17) is 22.8 Å². The molecule has 7 nitrogen and oxygen atoms in total. The third-order valence-corrected chi connectivity index (χ3v) is 6.47. The highest BCUT2D eigenvalue weighted by molar-refractivity contribution is 6.70. The molecule has 0 radical (unpaired) electrons.